The van der Waals surface area contributed by atoms with Crippen LogP contribution in [0.15, 0.2) is 41.8 Å². The molecule has 0 saturated heterocycles. The number of carbonyl (C=O) groups is 1. The summed E-state index contributed by atoms with van der Waals surface area (Å²) in [5.41, 5.74) is 1.01. The Morgan fingerprint density at radius 3 is 2.67 bits per heavy atom. The zero-order valence-electron chi connectivity index (χ0n) is 8.27. The van der Waals surface area contributed by atoms with Gasteiger partial charge < -0.3 is 9.47 Å². The Bertz CT molecular complexity index is 346. The van der Waals surface area contributed by atoms with E-state index >= 15 is 0 Å². The molecule has 0 aromatic heterocycles. The van der Waals surface area contributed by atoms with Gasteiger partial charge in [0, 0.05) is 6.92 Å². The molecule has 80 valence electrons. The summed E-state index contributed by atoms with van der Waals surface area (Å²) in [6, 6.07) is 9.60. The molecular weight excluding hydrogens is 216 g/mol. The Hall–Kier alpha value is -1.48. The molecule has 0 bridgehead atoms. The number of esters is 1. The average molecular weight is 227 g/mol. The molecule has 0 aliphatic rings. The first-order chi connectivity index (χ1) is 7.18. The molecule has 3 nitrogen and oxygen atoms in total. The molecule has 1 aromatic rings. The van der Waals surface area contributed by atoms with Crippen LogP contribution in [-0.4, -0.2) is 5.97 Å². The summed E-state index contributed by atoms with van der Waals surface area (Å²) in [5, 5.41) is -0.0709. The van der Waals surface area contributed by atoms with Crippen molar-refractivity contribution in [1.82, 2.24) is 0 Å². The molecular formula is C11H11ClO3. The van der Waals surface area contributed by atoms with Crippen LogP contribution < -0.4 is 0 Å². The van der Waals surface area contributed by atoms with Gasteiger partial charge in [-0.25, -0.2) is 0 Å². The summed E-state index contributed by atoms with van der Waals surface area (Å²) in [7, 11) is 0. The van der Waals surface area contributed by atoms with Crippen LogP contribution >= 0.6 is 11.6 Å². The van der Waals surface area contributed by atoms with Crippen LogP contribution in [0.25, 0.3) is 0 Å². The molecule has 4 heteroatoms. The first-order valence-electron chi connectivity index (χ1n) is 4.38. The Labute approximate surface area is 93.3 Å². The van der Waals surface area contributed by atoms with Crippen LogP contribution in [0.1, 0.15) is 12.5 Å². The highest BCUT2D eigenvalue weighted by molar-refractivity contribution is 6.28. The smallest absolute Gasteiger partial charge is 0.308 e. The Morgan fingerprint density at radius 1 is 1.40 bits per heavy atom. The highest BCUT2D eigenvalue weighted by Gasteiger charge is 1.97. The number of rotatable bonds is 4. The minimum absolute atomic E-state index is 0.0709. The molecule has 15 heavy (non-hydrogen) atoms. The Balaban J connectivity index is 2.35. The first kappa shape index (κ1) is 11.6. The highest BCUT2D eigenvalue weighted by Crippen LogP contribution is 2.06. The van der Waals surface area contributed by atoms with Gasteiger partial charge in [-0.15, -0.1) is 0 Å². The van der Waals surface area contributed by atoms with E-state index in [1.54, 1.807) is 0 Å². The zero-order valence-corrected chi connectivity index (χ0v) is 9.03. The van der Waals surface area contributed by atoms with E-state index in [1.165, 1.54) is 13.2 Å². The standard InChI is InChI=1S/C11H11ClO3/c1-9(13)15-11(12)8-14-7-10-5-3-2-4-6-10/h2-6,8H,7H2,1H3/b11-8+. The van der Waals surface area contributed by atoms with E-state index in [2.05, 4.69) is 4.74 Å². The van der Waals surface area contributed by atoms with Gasteiger partial charge in [-0.2, -0.15) is 0 Å². The van der Waals surface area contributed by atoms with Crippen molar-refractivity contribution in [2.24, 2.45) is 0 Å². The third-order valence-corrected chi connectivity index (χ3v) is 1.68. The molecule has 0 amide bonds. The molecule has 0 N–H and O–H groups in total. The predicted octanol–water partition coefficient (Wildman–Crippen LogP) is 2.80. The van der Waals surface area contributed by atoms with Gasteiger partial charge in [-0.3, -0.25) is 4.79 Å². The van der Waals surface area contributed by atoms with E-state index in [1.807, 2.05) is 30.3 Å². The minimum Gasteiger partial charge on any atom is -0.492 e. The van der Waals surface area contributed by atoms with Gasteiger partial charge >= 0.3 is 5.97 Å². The van der Waals surface area contributed by atoms with Crippen LogP contribution in [0.2, 0.25) is 0 Å². The van der Waals surface area contributed by atoms with Gasteiger partial charge in [-0.1, -0.05) is 30.3 Å². The molecule has 1 aromatic carbocycles. The van der Waals surface area contributed by atoms with E-state index in [0.29, 0.717) is 6.61 Å². The molecule has 0 atom stereocenters. The maximum atomic E-state index is 10.5. The van der Waals surface area contributed by atoms with Crippen molar-refractivity contribution in [3.63, 3.8) is 0 Å². The van der Waals surface area contributed by atoms with E-state index in [4.69, 9.17) is 16.3 Å². The molecule has 0 radical (unpaired) electrons. The van der Waals surface area contributed by atoms with Gasteiger partial charge in [-0.05, 0) is 17.2 Å². The number of ether oxygens (including phenoxy) is 2. The van der Waals surface area contributed by atoms with E-state index in [9.17, 15) is 4.79 Å². The molecule has 0 saturated carbocycles. The summed E-state index contributed by atoms with van der Waals surface area (Å²) < 4.78 is 9.66. The molecule has 0 spiro atoms. The zero-order chi connectivity index (χ0) is 11.1. The maximum absolute atomic E-state index is 10.5. The Morgan fingerprint density at radius 2 is 2.07 bits per heavy atom. The number of halogens is 1. The molecule has 0 aliphatic carbocycles. The molecule has 1 rings (SSSR count). The Kier molecular flexibility index (Phi) is 4.71. The van der Waals surface area contributed by atoms with Crippen molar-refractivity contribution < 1.29 is 14.3 Å². The maximum Gasteiger partial charge on any atom is 0.308 e. The summed E-state index contributed by atoms with van der Waals surface area (Å²) in [6.45, 7) is 1.66. The minimum atomic E-state index is -0.473. The first-order valence-corrected chi connectivity index (χ1v) is 4.76. The summed E-state index contributed by atoms with van der Waals surface area (Å²) in [6.07, 6.45) is 1.20. The van der Waals surface area contributed by atoms with Crippen LogP contribution in [0.4, 0.5) is 0 Å². The lowest BCUT2D eigenvalue weighted by Crippen LogP contribution is -1.95. The van der Waals surface area contributed by atoms with E-state index in [-0.39, 0.29) is 5.22 Å². The second-order valence-corrected chi connectivity index (χ2v) is 3.18. The van der Waals surface area contributed by atoms with Crippen LogP contribution in [0.3, 0.4) is 0 Å². The predicted molar refractivity (Wildman–Crippen MR) is 56.9 cm³/mol. The van der Waals surface area contributed by atoms with Gasteiger partial charge in [0.1, 0.15) is 12.9 Å². The topological polar surface area (TPSA) is 35.5 Å². The summed E-state index contributed by atoms with van der Waals surface area (Å²) in [5.74, 6) is -0.473. The molecule has 0 heterocycles. The number of benzene rings is 1. The number of hydrogen-bond acceptors (Lipinski definition) is 3. The van der Waals surface area contributed by atoms with Gasteiger partial charge in [0.15, 0.2) is 0 Å². The lowest BCUT2D eigenvalue weighted by atomic mass is 10.2. The summed E-state index contributed by atoms with van der Waals surface area (Å²) >= 11 is 5.54. The van der Waals surface area contributed by atoms with Gasteiger partial charge in [0.25, 0.3) is 0 Å². The van der Waals surface area contributed by atoms with Crippen molar-refractivity contribution >= 4 is 17.6 Å². The molecule has 0 aliphatic heterocycles. The van der Waals surface area contributed by atoms with Crippen molar-refractivity contribution in [3.05, 3.63) is 47.4 Å². The van der Waals surface area contributed by atoms with Crippen molar-refractivity contribution in [2.45, 2.75) is 13.5 Å². The van der Waals surface area contributed by atoms with Crippen LogP contribution in [-0.2, 0) is 20.9 Å². The van der Waals surface area contributed by atoms with Crippen LogP contribution in [0, 0.1) is 0 Å². The molecule has 0 fully saturated rings. The lowest BCUT2D eigenvalue weighted by molar-refractivity contribution is -0.136. The fourth-order valence-corrected chi connectivity index (χ4v) is 1.11. The van der Waals surface area contributed by atoms with E-state index in [0.717, 1.165) is 5.56 Å². The van der Waals surface area contributed by atoms with Crippen molar-refractivity contribution in [3.8, 4) is 0 Å². The average Bonchev–Trinajstić information content (AvgIpc) is 2.18. The SMILES string of the molecule is CC(=O)O/C(Cl)=C/OCc1ccccc1. The molecule has 0 unspecified atom stereocenters. The fourth-order valence-electron chi connectivity index (χ4n) is 0.939. The second kappa shape index (κ2) is 6.09. The normalized spacial score (nSPS) is 10.9. The second-order valence-electron chi connectivity index (χ2n) is 2.81. The van der Waals surface area contributed by atoms with Crippen molar-refractivity contribution in [1.29, 1.82) is 0 Å². The van der Waals surface area contributed by atoms with E-state index < -0.39 is 5.97 Å². The highest BCUT2D eigenvalue weighted by atomic mass is 35.5. The largest absolute Gasteiger partial charge is 0.492 e. The van der Waals surface area contributed by atoms with Crippen LogP contribution in [0.5, 0.6) is 0 Å². The monoisotopic (exact) mass is 226 g/mol. The van der Waals surface area contributed by atoms with Crippen molar-refractivity contribution in [2.75, 3.05) is 0 Å². The quantitative estimate of drug-likeness (QED) is 0.585. The lowest BCUT2D eigenvalue weighted by Gasteiger charge is -2.02. The van der Waals surface area contributed by atoms with Gasteiger partial charge in [0.2, 0.25) is 5.22 Å². The summed E-state index contributed by atoms with van der Waals surface area (Å²) in [4.78, 5) is 10.5. The van der Waals surface area contributed by atoms with Gasteiger partial charge in [0.05, 0.1) is 0 Å². The number of hydrogen-bond donors (Lipinski definition) is 0. The fraction of sp³-hybridized carbons (Fsp3) is 0.182. The number of carbonyl (C=O) groups excluding carboxylic acids is 1. The third-order valence-electron chi connectivity index (χ3n) is 1.51. The third kappa shape index (κ3) is 5.08.